The van der Waals surface area contributed by atoms with Crippen LogP contribution in [0.15, 0.2) is 0 Å². The smallest absolute Gasteiger partial charge is 0.303 e. The number of rotatable bonds is 4. The minimum Gasteiger partial charge on any atom is -0.481 e. The molecule has 0 bridgehead atoms. The van der Waals surface area contributed by atoms with Crippen molar-refractivity contribution in [2.24, 2.45) is 0 Å². The maximum Gasteiger partial charge on any atom is 0.303 e. The molecule has 0 aromatic carbocycles. The van der Waals surface area contributed by atoms with Crippen LogP contribution < -0.4 is 0 Å². The zero-order valence-electron chi connectivity index (χ0n) is 4.88. The van der Waals surface area contributed by atoms with E-state index in [1.165, 1.54) is 0 Å². The van der Waals surface area contributed by atoms with E-state index in [9.17, 15) is 9.18 Å². The number of aliphatic hydroxyl groups excluding tert-OH is 1. The summed E-state index contributed by atoms with van der Waals surface area (Å²) in [4.78, 5) is 9.78. The Hall–Kier alpha value is -0.640. The number of carboxylic acids is 1. The van der Waals surface area contributed by atoms with Gasteiger partial charge < -0.3 is 10.2 Å². The van der Waals surface area contributed by atoms with E-state index in [0.717, 1.165) is 0 Å². The van der Waals surface area contributed by atoms with Crippen molar-refractivity contribution in [2.75, 3.05) is 0 Å². The maximum atomic E-state index is 11.5. The molecule has 0 aliphatic heterocycles. The van der Waals surface area contributed by atoms with Gasteiger partial charge in [-0.2, -0.15) is 0 Å². The molecule has 0 saturated heterocycles. The monoisotopic (exact) mass is 136 g/mol. The lowest BCUT2D eigenvalue weighted by molar-refractivity contribution is -0.137. The van der Waals surface area contributed by atoms with Crippen molar-refractivity contribution >= 4 is 5.97 Å². The number of halogens is 1. The third-order valence-corrected chi connectivity index (χ3v) is 0.833. The molecule has 3 nitrogen and oxygen atoms in total. The summed E-state index contributed by atoms with van der Waals surface area (Å²) >= 11 is 0. The van der Waals surface area contributed by atoms with Crippen molar-refractivity contribution in [3.05, 3.63) is 0 Å². The van der Waals surface area contributed by atoms with Crippen molar-refractivity contribution in [3.8, 4) is 0 Å². The third-order valence-electron chi connectivity index (χ3n) is 0.833. The van der Waals surface area contributed by atoms with Gasteiger partial charge in [-0.25, -0.2) is 4.39 Å². The largest absolute Gasteiger partial charge is 0.481 e. The second kappa shape index (κ2) is 4.26. The molecule has 4 heteroatoms. The topological polar surface area (TPSA) is 57.5 Å². The minimum atomic E-state index is -1.87. The summed E-state index contributed by atoms with van der Waals surface area (Å²) in [5.41, 5.74) is 0. The molecular weight excluding hydrogens is 127 g/mol. The van der Waals surface area contributed by atoms with Gasteiger partial charge in [0.05, 0.1) is 0 Å². The van der Waals surface area contributed by atoms with Crippen molar-refractivity contribution in [1.29, 1.82) is 0 Å². The molecule has 0 spiro atoms. The molecule has 0 fully saturated rings. The third kappa shape index (κ3) is 7.36. The van der Waals surface area contributed by atoms with Gasteiger partial charge in [0.15, 0.2) is 6.36 Å². The molecule has 1 unspecified atom stereocenters. The van der Waals surface area contributed by atoms with E-state index in [1.54, 1.807) is 0 Å². The first kappa shape index (κ1) is 8.36. The minimum absolute atomic E-state index is 0.0824. The molecular formula is C5H9FO3. The highest BCUT2D eigenvalue weighted by atomic mass is 19.1. The Bertz CT molecular complexity index is 92.2. The average molecular weight is 136 g/mol. The van der Waals surface area contributed by atoms with Gasteiger partial charge in [0.25, 0.3) is 0 Å². The van der Waals surface area contributed by atoms with Gasteiger partial charge in [0.1, 0.15) is 0 Å². The van der Waals surface area contributed by atoms with Crippen LogP contribution in [0.3, 0.4) is 0 Å². The lowest BCUT2D eigenvalue weighted by Gasteiger charge is -1.96. The van der Waals surface area contributed by atoms with Crippen LogP contribution in [-0.2, 0) is 4.79 Å². The summed E-state index contributed by atoms with van der Waals surface area (Å²) in [5, 5.41) is 16.0. The Morgan fingerprint density at radius 3 is 2.56 bits per heavy atom. The standard InChI is InChI=1S/C5H9FO3/c6-4(7)2-1-3-5(8)9/h4,7H,1-3H2,(H,8,9). The van der Waals surface area contributed by atoms with Crippen LogP contribution in [0.4, 0.5) is 4.39 Å². The molecule has 9 heavy (non-hydrogen) atoms. The normalized spacial score (nSPS) is 13.1. The van der Waals surface area contributed by atoms with Crippen LogP contribution in [-0.4, -0.2) is 22.5 Å². The lowest BCUT2D eigenvalue weighted by Crippen LogP contribution is -2.00. The van der Waals surface area contributed by atoms with Gasteiger partial charge in [-0.05, 0) is 6.42 Å². The van der Waals surface area contributed by atoms with Crippen LogP contribution in [0.1, 0.15) is 19.3 Å². The van der Waals surface area contributed by atoms with Gasteiger partial charge >= 0.3 is 5.97 Å². The molecule has 0 heterocycles. The highest BCUT2D eigenvalue weighted by Crippen LogP contribution is 2.00. The predicted octanol–water partition coefficient (Wildman–Crippen LogP) is 0.529. The van der Waals surface area contributed by atoms with Gasteiger partial charge in [-0.15, -0.1) is 0 Å². The Morgan fingerprint density at radius 2 is 2.22 bits per heavy atom. The molecule has 0 aliphatic carbocycles. The van der Waals surface area contributed by atoms with Crippen molar-refractivity contribution in [3.63, 3.8) is 0 Å². The summed E-state index contributed by atoms with van der Waals surface area (Å²) in [7, 11) is 0. The first-order valence-corrected chi connectivity index (χ1v) is 2.67. The fourth-order valence-electron chi connectivity index (χ4n) is 0.422. The van der Waals surface area contributed by atoms with Crippen molar-refractivity contribution < 1.29 is 19.4 Å². The average Bonchev–Trinajstić information content (AvgIpc) is 1.63. The first-order valence-electron chi connectivity index (χ1n) is 2.67. The van der Waals surface area contributed by atoms with Crippen LogP contribution in [0.5, 0.6) is 0 Å². The summed E-state index contributed by atoms with van der Waals surface area (Å²) in [5.74, 6) is -0.962. The Morgan fingerprint density at radius 1 is 1.67 bits per heavy atom. The molecule has 0 amide bonds. The number of hydrogen-bond acceptors (Lipinski definition) is 2. The molecule has 0 rings (SSSR count). The van der Waals surface area contributed by atoms with E-state index in [0.29, 0.717) is 0 Å². The molecule has 0 aromatic rings. The van der Waals surface area contributed by atoms with E-state index in [1.807, 2.05) is 0 Å². The zero-order valence-corrected chi connectivity index (χ0v) is 4.88. The molecule has 0 aliphatic rings. The Labute approximate surface area is 52.1 Å². The number of carbonyl (C=O) groups is 1. The highest BCUT2D eigenvalue weighted by molar-refractivity contribution is 5.66. The van der Waals surface area contributed by atoms with E-state index >= 15 is 0 Å². The van der Waals surface area contributed by atoms with Gasteiger partial charge in [-0.3, -0.25) is 4.79 Å². The highest BCUT2D eigenvalue weighted by Gasteiger charge is 2.01. The van der Waals surface area contributed by atoms with E-state index < -0.39 is 12.3 Å². The summed E-state index contributed by atoms with van der Waals surface area (Å²) in [6.07, 6.45) is -1.86. The number of carboxylic acid groups (broad SMARTS) is 1. The molecule has 0 saturated carbocycles. The van der Waals surface area contributed by atoms with E-state index in [-0.39, 0.29) is 19.3 Å². The maximum absolute atomic E-state index is 11.5. The summed E-state index contributed by atoms with van der Waals surface area (Å²) in [6.45, 7) is 0. The Balaban J connectivity index is 3.01. The second-order valence-electron chi connectivity index (χ2n) is 1.72. The molecule has 54 valence electrons. The molecule has 2 N–H and O–H groups in total. The fourth-order valence-corrected chi connectivity index (χ4v) is 0.422. The van der Waals surface area contributed by atoms with E-state index in [4.69, 9.17) is 10.2 Å². The van der Waals surface area contributed by atoms with Crippen LogP contribution >= 0.6 is 0 Å². The number of aliphatic hydroxyl groups is 1. The van der Waals surface area contributed by atoms with Crippen molar-refractivity contribution in [1.82, 2.24) is 0 Å². The van der Waals surface area contributed by atoms with Gasteiger partial charge in [0.2, 0.25) is 0 Å². The van der Waals surface area contributed by atoms with E-state index in [2.05, 4.69) is 0 Å². The Kier molecular flexibility index (Phi) is 3.96. The predicted molar refractivity (Wildman–Crippen MR) is 28.6 cm³/mol. The van der Waals surface area contributed by atoms with Crippen LogP contribution in [0.2, 0.25) is 0 Å². The number of alkyl halides is 1. The summed E-state index contributed by atoms with van der Waals surface area (Å²) < 4.78 is 11.5. The first-order chi connectivity index (χ1) is 4.13. The quantitative estimate of drug-likeness (QED) is 0.592. The second-order valence-corrected chi connectivity index (χ2v) is 1.72. The number of aliphatic carboxylic acids is 1. The molecule has 0 aromatic heterocycles. The summed E-state index contributed by atoms with van der Waals surface area (Å²) in [6, 6.07) is 0. The van der Waals surface area contributed by atoms with Crippen molar-refractivity contribution in [2.45, 2.75) is 25.6 Å². The molecule has 1 atom stereocenters. The van der Waals surface area contributed by atoms with Crippen LogP contribution in [0.25, 0.3) is 0 Å². The van der Waals surface area contributed by atoms with Crippen LogP contribution in [0, 0.1) is 0 Å². The van der Waals surface area contributed by atoms with Gasteiger partial charge in [-0.1, -0.05) is 0 Å². The molecule has 0 radical (unpaired) electrons. The fraction of sp³-hybridized carbons (Fsp3) is 0.800. The number of hydrogen-bond donors (Lipinski definition) is 2. The lowest BCUT2D eigenvalue weighted by atomic mass is 10.2. The SMILES string of the molecule is O=C(O)CCCC(O)F. The zero-order chi connectivity index (χ0) is 7.28. The van der Waals surface area contributed by atoms with Gasteiger partial charge in [0, 0.05) is 12.8 Å².